The van der Waals surface area contributed by atoms with Gasteiger partial charge in [-0.3, -0.25) is 0 Å². The highest BCUT2D eigenvalue weighted by molar-refractivity contribution is 9.11. The molecule has 1 aliphatic rings. The molecule has 1 aromatic carbocycles. The fraction of sp³-hybridized carbons (Fsp3) is 0.375. The SMILES string of the molecule is Brc1ccc(CCNCC2CCOc3ccccc32)s1. The van der Waals surface area contributed by atoms with E-state index in [0.29, 0.717) is 5.92 Å². The quantitative estimate of drug-likeness (QED) is 0.814. The van der Waals surface area contributed by atoms with E-state index in [2.05, 4.69) is 51.6 Å². The van der Waals surface area contributed by atoms with Crippen LogP contribution in [0.4, 0.5) is 0 Å². The molecule has 0 amide bonds. The molecule has 0 bridgehead atoms. The average molecular weight is 352 g/mol. The first kappa shape index (κ1) is 14.1. The van der Waals surface area contributed by atoms with Crippen molar-refractivity contribution in [3.63, 3.8) is 0 Å². The van der Waals surface area contributed by atoms with Crippen molar-refractivity contribution in [2.45, 2.75) is 18.8 Å². The maximum Gasteiger partial charge on any atom is 0.122 e. The van der Waals surface area contributed by atoms with Crippen LogP contribution in [0.5, 0.6) is 5.75 Å². The Labute approximate surface area is 132 Å². The number of halogens is 1. The Morgan fingerprint density at radius 3 is 3.00 bits per heavy atom. The molecule has 20 heavy (non-hydrogen) atoms. The summed E-state index contributed by atoms with van der Waals surface area (Å²) in [5.41, 5.74) is 1.35. The van der Waals surface area contributed by atoms with Crippen molar-refractivity contribution in [1.82, 2.24) is 5.32 Å². The summed E-state index contributed by atoms with van der Waals surface area (Å²) < 4.78 is 6.91. The highest BCUT2D eigenvalue weighted by Crippen LogP contribution is 2.32. The van der Waals surface area contributed by atoms with Gasteiger partial charge in [-0.15, -0.1) is 11.3 Å². The van der Waals surface area contributed by atoms with Gasteiger partial charge in [-0.25, -0.2) is 0 Å². The van der Waals surface area contributed by atoms with E-state index in [0.717, 1.165) is 38.3 Å². The van der Waals surface area contributed by atoms with Gasteiger partial charge in [0.05, 0.1) is 10.4 Å². The number of para-hydroxylation sites is 1. The molecule has 0 radical (unpaired) electrons. The standard InChI is InChI=1S/C16H18BrNOS/c17-16-6-5-13(20-16)7-9-18-11-12-8-10-19-15-4-2-1-3-14(12)15/h1-6,12,18H,7-11H2. The number of nitrogens with one attached hydrogen (secondary N) is 1. The Hall–Kier alpha value is -0.840. The van der Waals surface area contributed by atoms with Gasteiger partial charge in [0.25, 0.3) is 0 Å². The van der Waals surface area contributed by atoms with Gasteiger partial charge in [0.1, 0.15) is 5.75 Å². The van der Waals surface area contributed by atoms with Crippen LogP contribution in [-0.2, 0) is 6.42 Å². The van der Waals surface area contributed by atoms with Crippen LogP contribution in [0, 0.1) is 0 Å². The van der Waals surface area contributed by atoms with Crippen molar-refractivity contribution in [3.05, 3.63) is 50.6 Å². The molecule has 4 heteroatoms. The van der Waals surface area contributed by atoms with Crippen LogP contribution < -0.4 is 10.1 Å². The first-order valence-electron chi connectivity index (χ1n) is 6.99. The summed E-state index contributed by atoms with van der Waals surface area (Å²) in [7, 11) is 0. The Morgan fingerprint density at radius 2 is 2.15 bits per heavy atom. The van der Waals surface area contributed by atoms with Crippen LogP contribution in [0.3, 0.4) is 0 Å². The summed E-state index contributed by atoms with van der Waals surface area (Å²) in [4.78, 5) is 1.43. The second-order valence-corrected chi connectivity index (χ2v) is 7.58. The van der Waals surface area contributed by atoms with Crippen LogP contribution in [0.25, 0.3) is 0 Å². The van der Waals surface area contributed by atoms with E-state index in [1.807, 2.05) is 17.4 Å². The predicted octanol–water partition coefficient (Wildman–Crippen LogP) is 4.21. The molecule has 2 heterocycles. The first-order valence-corrected chi connectivity index (χ1v) is 8.60. The van der Waals surface area contributed by atoms with Crippen LogP contribution in [0.15, 0.2) is 40.2 Å². The third-order valence-corrected chi connectivity index (χ3v) is 5.33. The summed E-state index contributed by atoms with van der Waals surface area (Å²) in [6.45, 7) is 2.90. The topological polar surface area (TPSA) is 21.3 Å². The van der Waals surface area contributed by atoms with E-state index in [1.54, 1.807) is 0 Å². The molecule has 2 aromatic rings. The van der Waals surface area contributed by atoms with Crippen molar-refractivity contribution in [2.75, 3.05) is 19.7 Å². The van der Waals surface area contributed by atoms with Gasteiger partial charge >= 0.3 is 0 Å². The molecule has 0 aliphatic carbocycles. The van der Waals surface area contributed by atoms with Gasteiger partial charge in [0.15, 0.2) is 0 Å². The number of thiophene rings is 1. The van der Waals surface area contributed by atoms with Crippen molar-refractivity contribution < 1.29 is 4.74 Å². The van der Waals surface area contributed by atoms with E-state index >= 15 is 0 Å². The zero-order valence-corrected chi connectivity index (χ0v) is 13.7. The Balaban J connectivity index is 1.50. The third kappa shape index (κ3) is 3.43. The molecule has 1 unspecified atom stereocenters. The molecule has 0 fully saturated rings. The molecule has 1 atom stereocenters. The largest absolute Gasteiger partial charge is 0.493 e. The minimum Gasteiger partial charge on any atom is -0.493 e. The molecule has 106 valence electrons. The molecule has 3 rings (SSSR count). The van der Waals surface area contributed by atoms with Gasteiger partial charge in [-0.2, -0.15) is 0 Å². The Bertz CT molecular complexity index is 569. The van der Waals surface area contributed by atoms with E-state index < -0.39 is 0 Å². The van der Waals surface area contributed by atoms with Crippen molar-refractivity contribution in [3.8, 4) is 5.75 Å². The molecule has 1 aromatic heterocycles. The third-order valence-electron chi connectivity index (χ3n) is 3.65. The zero-order valence-electron chi connectivity index (χ0n) is 11.3. The lowest BCUT2D eigenvalue weighted by molar-refractivity contribution is 0.265. The van der Waals surface area contributed by atoms with Crippen molar-refractivity contribution in [2.24, 2.45) is 0 Å². The van der Waals surface area contributed by atoms with Crippen LogP contribution >= 0.6 is 27.3 Å². The van der Waals surface area contributed by atoms with E-state index in [1.165, 1.54) is 14.2 Å². The predicted molar refractivity (Wildman–Crippen MR) is 87.9 cm³/mol. The van der Waals surface area contributed by atoms with E-state index in [-0.39, 0.29) is 0 Å². The fourth-order valence-corrected chi connectivity index (χ4v) is 4.08. The van der Waals surface area contributed by atoms with Gasteiger partial charge < -0.3 is 10.1 Å². The fourth-order valence-electron chi connectivity index (χ4n) is 2.60. The Morgan fingerprint density at radius 1 is 1.25 bits per heavy atom. The van der Waals surface area contributed by atoms with Gasteiger partial charge in [0.2, 0.25) is 0 Å². The summed E-state index contributed by atoms with van der Waals surface area (Å²) in [5, 5.41) is 3.59. The normalized spacial score (nSPS) is 17.6. The van der Waals surface area contributed by atoms with E-state index in [9.17, 15) is 0 Å². The van der Waals surface area contributed by atoms with Crippen LogP contribution in [-0.4, -0.2) is 19.7 Å². The first-order chi connectivity index (χ1) is 9.83. The smallest absolute Gasteiger partial charge is 0.122 e. The number of fused-ring (bicyclic) bond motifs is 1. The molecule has 0 saturated carbocycles. The van der Waals surface area contributed by atoms with Gasteiger partial charge in [-0.05, 0) is 59.1 Å². The molecule has 0 spiro atoms. The summed E-state index contributed by atoms with van der Waals surface area (Å²) in [6, 6.07) is 12.7. The number of rotatable bonds is 5. The van der Waals surface area contributed by atoms with Crippen molar-refractivity contribution in [1.29, 1.82) is 0 Å². The number of ether oxygens (including phenoxy) is 1. The van der Waals surface area contributed by atoms with E-state index in [4.69, 9.17) is 4.74 Å². The molecule has 1 N–H and O–H groups in total. The Kier molecular flexibility index (Phi) is 4.76. The van der Waals surface area contributed by atoms with Crippen LogP contribution in [0.1, 0.15) is 22.8 Å². The lowest BCUT2D eigenvalue weighted by Gasteiger charge is -2.26. The van der Waals surface area contributed by atoms with Gasteiger partial charge in [0, 0.05) is 17.3 Å². The van der Waals surface area contributed by atoms with Crippen LogP contribution in [0.2, 0.25) is 0 Å². The monoisotopic (exact) mass is 351 g/mol. The maximum absolute atomic E-state index is 5.70. The summed E-state index contributed by atoms with van der Waals surface area (Å²) >= 11 is 5.32. The average Bonchev–Trinajstić information content (AvgIpc) is 2.89. The second kappa shape index (κ2) is 6.74. The maximum atomic E-state index is 5.70. The summed E-state index contributed by atoms with van der Waals surface area (Å²) in [6.07, 6.45) is 2.20. The second-order valence-electron chi connectivity index (χ2n) is 5.03. The molecule has 0 saturated heterocycles. The minimum absolute atomic E-state index is 0.579. The number of benzene rings is 1. The molecular weight excluding hydrogens is 334 g/mol. The highest BCUT2D eigenvalue weighted by atomic mass is 79.9. The molecule has 1 aliphatic heterocycles. The highest BCUT2D eigenvalue weighted by Gasteiger charge is 2.20. The van der Waals surface area contributed by atoms with Crippen molar-refractivity contribution >= 4 is 27.3 Å². The van der Waals surface area contributed by atoms with Gasteiger partial charge in [-0.1, -0.05) is 18.2 Å². The lowest BCUT2D eigenvalue weighted by atomic mass is 9.93. The lowest BCUT2D eigenvalue weighted by Crippen LogP contribution is -2.27. The summed E-state index contributed by atoms with van der Waals surface area (Å²) in [5.74, 6) is 1.64. The zero-order chi connectivity index (χ0) is 13.8. The number of hydrogen-bond donors (Lipinski definition) is 1. The molecule has 2 nitrogen and oxygen atoms in total. The molecular formula is C16H18BrNOS. The number of hydrogen-bond acceptors (Lipinski definition) is 3. The minimum atomic E-state index is 0.579.